The highest BCUT2D eigenvalue weighted by atomic mass is 16.6. The van der Waals surface area contributed by atoms with Gasteiger partial charge in [0, 0.05) is 13.2 Å². The summed E-state index contributed by atoms with van der Waals surface area (Å²) in [5.41, 5.74) is 0.359. The minimum Gasteiger partial charge on any atom is -0.444 e. The Morgan fingerprint density at radius 1 is 1.17 bits per heavy atom. The Balaban J connectivity index is 2.58. The molecule has 1 rings (SSSR count). The molecule has 1 atom stereocenters. The van der Waals surface area contributed by atoms with Crippen molar-refractivity contribution in [2.75, 3.05) is 6.61 Å². The van der Waals surface area contributed by atoms with Gasteiger partial charge in [-0.1, -0.05) is 30.3 Å². The van der Waals surface area contributed by atoms with Gasteiger partial charge in [0.1, 0.15) is 11.6 Å². The zero-order chi connectivity index (χ0) is 18.0. The van der Waals surface area contributed by atoms with E-state index in [0.29, 0.717) is 25.8 Å². The Morgan fingerprint density at radius 3 is 2.42 bits per heavy atom. The smallest absolute Gasteiger partial charge is 0.408 e. The number of rotatable bonds is 8. The van der Waals surface area contributed by atoms with Gasteiger partial charge < -0.3 is 20.5 Å². The van der Waals surface area contributed by atoms with Crippen molar-refractivity contribution in [2.45, 2.75) is 58.2 Å². The number of alkyl carbamates (subject to hydrolysis) is 1. The Kier molecular flexibility index (Phi) is 8.26. The van der Waals surface area contributed by atoms with Crippen LogP contribution in [0.1, 0.15) is 45.6 Å². The Bertz CT molecular complexity index is 512. The van der Waals surface area contributed by atoms with E-state index in [1.165, 1.54) is 0 Å². The largest absolute Gasteiger partial charge is 0.444 e. The van der Waals surface area contributed by atoms with Gasteiger partial charge in [-0.2, -0.15) is 0 Å². The summed E-state index contributed by atoms with van der Waals surface area (Å²) < 4.78 is 5.21. The first-order valence-electron chi connectivity index (χ1n) is 8.24. The predicted molar refractivity (Wildman–Crippen MR) is 92.4 cm³/mol. The minimum absolute atomic E-state index is 0.0603. The highest BCUT2D eigenvalue weighted by molar-refractivity contribution is 5.85. The lowest BCUT2D eigenvalue weighted by molar-refractivity contribution is -0.123. The van der Waals surface area contributed by atoms with E-state index in [2.05, 4.69) is 10.6 Å². The number of carbonyl (C=O) groups excluding carboxylic acids is 2. The van der Waals surface area contributed by atoms with Crippen molar-refractivity contribution in [3.05, 3.63) is 35.9 Å². The molecule has 1 aromatic rings. The van der Waals surface area contributed by atoms with Gasteiger partial charge in [-0.15, -0.1) is 0 Å². The van der Waals surface area contributed by atoms with Crippen LogP contribution in [-0.2, 0) is 16.1 Å². The van der Waals surface area contributed by atoms with Gasteiger partial charge in [-0.05, 0) is 45.6 Å². The van der Waals surface area contributed by atoms with E-state index in [1.807, 2.05) is 30.3 Å². The zero-order valence-electron chi connectivity index (χ0n) is 14.7. The average Bonchev–Trinajstić information content (AvgIpc) is 2.51. The number of unbranched alkanes of at least 4 members (excludes halogenated alkanes) is 1. The molecule has 0 heterocycles. The van der Waals surface area contributed by atoms with Gasteiger partial charge in [0.15, 0.2) is 0 Å². The third kappa shape index (κ3) is 8.53. The van der Waals surface area contributed by atoms with Crippen molar-refractivity contribution >= 4 is 12.0 Å². The Morgan fingerprint density at radius 2 is 1.83 bits per heavy atom. The fourth-order valence-corrected chi connectivity index (χ4v) is 2.09. The molecule has 0 unspecified atom stereocenters. The van der Waals surface area contributed by atoms with E-state index in [-0.39, 0.29) is 12.5 Å². The van der Waals surface area contributed by atoms with Crippen LogP contribution in [0.25, 0.3) is 0 Å². The van der Waals surface area contributed by atoms with Gasteiger partial charge in [0.05, 0.1) is 0 Å². The normalized spacial score (nSPS) is 12.3. The molecule has 6 heteroatoms. The van der Waals surface area contributed by atoms with Gasteiger partial charge in [0.25, 0.3) is 0 Å². The van der Waals surface area contributed by atoms with Crippen LogP contribution in [0, 0.1) is 0 Å². The number of carbonyl (C=O) groups is 2. The van der Waals surface area contributed by atoms with Crippen molar-refractivity contribution in [1.82, 2.24) is 10.6 Å². The molecule has 1 aromatic carbocycles. The number of aliphatic hydroxyl groups excluding tert-OH is 1. The van der Waals surface area contributed by atoms with Crippen LogP contribution in [0.15, 0.2) is 30.3 Å². The van der Waals surface area contributed by atoms with E-state index < -0.39 is 17.7 Å². The molecule has 134 valence electrons. The Labute approximate surface area is 143 Å². The second-order valence-electron chi connectivity index (χ2n) is 6.62. The first-order valence-corrected chi connectivity index (χ1v) is 8.24. The summed E-state index contributed by atoms with van der Waals surface area (Å²) >= 11 is 0. The summed E-state index contributed by atoms with van der Waals surface area (Å²) in [6.07, 6.45) is 1.04. The number of hydrogen-bond donors (Lipinski definition) is 3. The van der Waals surface area contributed by atoms with Crippen molar-refractivity contribution in [3.63, 3.8) is 0 Å². The van der Waals surface area contributed by atoms with Crippen LogP contribution in [-0.4, -0.2) is 35.4 Å². The van der Waals surface area contributed by atoms with Crippen LogP contribution in [0.3, 0.4) is 0 Å². The number of amides is 2. The summed E-state index contributed by atoms with van der Waals surface area (Å²) in [5, 5.41) is 14.3. The second-order valence-corrected chi connectivity index (χ2v) is 6.62. The van der Waals surface area contributed by atoms with Gasteiger partial charge in [-0.25, -0.2) is 4.79 Å². The van der Waals surface area contributed by atoms with E-state index in [9.17, 15) is 9.59 Å². The van der Waals surface area contributed by atoms with Crippen molar-refractivity contribution < 1.29 is 19.4 Å². The number of hydrogen-bond acceptors (Lipinski definition) is 4. The standard InChI is InChI=1S/C18H28N2O4/c1-18(2,3)24-17(23)20-15(11-7-8-12-21)16(22)19-13-14-9-5-4-6-10-14/h4-6,9-10,15,21H,7-8,11-13H2,1-3H3,(H,19,22)(H,20,23)/t15-/m0/s1. The third-order valence-corrected chi connectivity index (χ3v) is 3.22. The van der Waals surface area contributed by atoms with Crippen LogP contribution < -0.4 is 10.6 Å². The van der Waals surface area contributed by atoms with Gasteiger partial charge >= 0.3 is 6.09 Å². The monoisotopic (exact) mass is 336 g/mol. The molecule has 0 spiro atoms. The van der Waals surface area contributed by atoms with Crippen molar-refractivity contribution in [1.29, 1.82) is 0 Å². The number of nitrogens with one attached hydrogen (secondary N) is 2. The first kappa shape index (κ1) is 20.0. The molecule has 3 N–H and O–H groups in total. The number of aliphatic hydroxyl groups is 1. The molecule has 0 bridgehead atoms. The molecule has 0 aliphatic rings. The molecule has 24 heavy (non-hydrogen) atoms. The van der Waals surface area contributed by atoms with Crippen LogP contribution >= 0.6 is 0 Å². The fourth-order valence-electron chi connectivity index (χ4n) is 2.09. The molecule has 0 saturated carbocycles. The molecule has 0 aromatic heterocycles. The molecule has 0 radical (unpaired) electrons. The lowest BCUT2D eigenvalue weighted by Gasteiger charge is -2.23. The summed E-state index contributed by atoms with van der Waals surface area (Å²) in [6, 6.07) is 8.87. The quantitative estimate of drug-likeness (QED) is 0.636. The molecule has 2 amide bonds. The summed E-state index contributed by atoms with van der Waals surface area (Å²) in [5.74, 6) is -0.261. The number of benzene rings is 1. The van der Waals surface area contributed by atoms with Crippen LogP contribution in [0.2, 0.25) is 0 Å². The molecule has 6 nitrogen and oxygen atoms in total. The third-order valence-electron chi connectivity index (χ3n) is 3.22. The van der Waals surface area contributed by atoms with Crippen LogP contribution in [0.5, 0.6) is 0 Å². The highest BCUT2D eigenvalue weighted by Crippen LogP contribution is 2.08. The van der Waals surface area contributed by atoms with Crippen molar-refractivity contribution in [3.8, 4) is 0 Å². The van der Waals surface area contributed by atoms with E-state index in [1.54, 1.807) is 20.8 Å². The molecule has 0 aliphatic carbocycles. The predicted octanol–water partition coefficient (Wildman–Crippen LogP) is 2.36. The second kappa shape index (κ2) is 9.93. The maximum absolute atomic E-state index is 12.4. The summed E-state index contributed by atoms with van der Waals surface area (Å²) in [4.78, 5) is 24.3. The lowest BCUT2D eigenvalue weighted by Crippen LogP contribution is -2.48. The maximum atomic E-state index is 12.4. The van der Waals surface area contributed by atoms with E-state index in [0.717, 1.165) is 5.56 Å². The van der Waals surface area contributed by atoms with E-state index in [4.69, 9.17) is 9.84 Å². The lowest BCUT2D eigenvalue weighted by atomic mass is 10.1. The van der Waals surface area contributed by atoms with Crippen molar-refractivity contribution in [2.24, 2.45) is 0 Å². The minimum atomic E-state index is -0.685. The zero-order valence-corrected chi connectivity index (χ0v) is 14.7. The maximum Gasteiger partial charge on any atom is 0.408 e. The Hall–Kier alpha value is -2.08. The molecule has 0 aliphatic heterocycles. The molecular formula is C18H28N2O4. The van der Waals surface area contributed by atoms with Gasteiger partial charge in [-0.3, -0.25) is 4.79 Å². The average molecular weight is 336 g/mol. The topological polar surface area (TPSA) is 87.7 Å². The van der Waals surface area contributed by atoms with E-state index >= 15 is 0 Å². The van der Waals surface area contributed by atoms with Gasteiger partial charge in [0.2, 0.25) is 5.91 Å². The summed E-state index contributed by atoms with van der Waals surface area (Å²) in [7, 11) is 0. The molecular weight excluding hydrogens is 308 g/mol. The molecule has 0 fully saturated rings. The first-order chi connectivity index (χ1) is 11.3. The summed E-state index contributed by atoms with van der Waals surface area (Å²) in [6.45, 7) is 5.76. The van der Waals surface area contributed by atoms with Crippen LogP contribution in [0.4, 0.5) is 4.79 Å². The SMILES string of the molecule is CC(C)(C)OC(=O)N[C@@H](CCCCO)C(=O)NCc1ccccc1. The molecule has 0 saturated heterocycles. The fraction of sp³-hybridized carbons (Fsp3) is 0.556. The highest BCUT2D eigenvalue weighted by Gasteiger charge is 2.23. The number of ether oxygens (including phenoxy) is 1.